The lowest BCUT2D eigenvalue weighted by molar-refractivity contribution is -0.182. The van der Waals surface area contributed by atoms with Gasteiger partial charge in [0.25, 0.3) is 0 Å². The van der Waals surface area contributed by atoms with Gasteiger partial charge in [-0.1, -0.05) is 29.4 Å². The summed E-state index contributed by atoms with van der Waals surface area (Å²) in [5.41, 5.74) is 2.01. The van der Waals surface area contributed by atoms with Gasteiger partial charge in [-0.15, -0.1) is 0 Å². The van der Waals surface area contributed by atoms with Gasteiger partial charge in [-0.2, -0.15) is 0 Å². The largest absolute Gasteiger partial charge is 0.465 e. The number of rotatable bonds is 5. The fourth-order valence-corrected chi connectivity index (χ4v) is 6.52. The highest BCUT2D eigenvalue weighted by atomic mass is 16.7. The van der Waals surface area contributed by atoms with Gasteiger partial charge in [0.1, 0.15) is 24.4 Å². The van der Waals surface area contributed by atoms with Crippen molar-refractivity contribution in [1.29, 1.82) is 0 Å². The van der Waals surface area contributed by atoms with Crippen molar-refractivity contribution in [2.75, 3.05) is 7.11 Å². The highest BCUT2D eigenvalue weighted by molar-refractivity contribution is 5.97. The molecule has 0 aromatic heterocycles. The topological polar surface area (TPSA) is 96.0 Å². The molecule has 0 bridgehead atoms. The Labute approximate surface area is 191 Å². The van der Waals surface area contributed by atoms with E-state index in [2.05, 4.69) is 11.7 Å². The van der Waals surface area contributed by atoms with E-state index in [0.717, 1.165) is 29.7 Å². The number of fused-ring (bicyclic) bond motifs is 1. The van der Waals surface area contributed by atoms with Crippen LogP contribution in [0.25, 0.3) is 0 Å². The number of esters is 1. The quantitative estimate of drug-likeness (QED) is 0.384. The number of oxime groups is 1. The molecule has 33 heavy (non-hydrogen) atoms. The average Bonchev–Trinajstić information content (AvgIpc) is 3.35. The van der Waals surface area contributed by atoms with E-state index in [4.69, 9.17) is 23.8 Å². The molecule has 2 saturated carbocycles. The summed E-state index contributed by atoms with van der Waals surface area (Å²) in [5.74, 6) is -0.203. The molecule has 1 aromatic rings. The smallest absolute Gasteiger partial charge is 0.337 e. The monoisotopic (exact) mass is 453 g/mol. The molecule has 2 spiro atoms. The summed E-state index contributed by atoms with van der Waals surface area (Å²) < 4.78 is 23.4. The third kappa shape index (κ3) is 2.60. The lowest BCUT2D eigenvalue weighted by Crippen LogP contribution is -2.65. The number of Topliss-reactive ketones (excluding diaryl/α,β-unsaturated/α-hetero) is 1. The molecule has 0 amide bonds. The van der Waals surface area contributed by atoms with E-state index < -0.39 is 35.3 Å². The third-order valence-corrected chi connectivity index (χ3v) is 8.28. The molecule has 8 atom stereocenters. The van der Waals surface area contributed by atoms with Crippen LogP contribution >= 0.6 is 0 Å². The summed E-state index contributed by atoms with van der Waals surface area (Å²) in [5, 5.41) is 4.43. The fraction of sp³-hybridized carbons (Fsp3) is 0.560. The lowest BCUT2D eigenvalue weighted by Gasteiger charge is -2.41. The molecule has 8 nitrogen and oxygen atoms in total. The summed E-state index contributed by atoms with van der Waals surface area (Å²) in [4.78, 5) is 31.0. The molecule has 4 fully saturated rings. The SMILES string of the molecule is C=C(C)[C@H]1C[C@@H]2O[C@@H]3[C@@H](OCc4ccc(C(=O)OC)cc4)C(=O)[C@H]4O[C@H]4[C@@]34ON=C(C)[C@@]24C1. The normalized spacial score (nSPS) is 41.9. The van der Waals surface area contributed by atoms with Crippen molar-refractivity contribution in [3.8, 4) is 0 Å². The van der Waals surface area contributed by atoms with Gasteiger partial charge in [-0.25, -0.2) is 4.79 Å². The van der Waals surface area contributed by atoms with Crippen molar-refractivity contribution in [2.24, 2.45) is 16.5 Å². The van der Waals surface area contributed by atoms with Gasteiger partial charge in [0.2, 0.25) is 5.60 Å². The number of hydrogen-bond acceptors (Lipinski definition) is 8. The number of methoxy groups -OCH3 is 1. The predicted molar refractivity (Wildman–Crippen MR) is 116 cm³/mol. The maximum atomic E-state index is 13.2. The molecule has 0 unspecified atom stereocenters. The van der Waals surface area contributed by atoms with E-state index in [0.29, 0.717) is 11.5 Å². The number of ether oxygens (including phenoxy) is 4. The Kier molecular flexibility index (Phi) is 4.44. The van der Waals surface area contributed by atoms with E-state index in [1.807, 2.05) is 13.8 Å². The van der Waals surface area contributed by atoms with Crippen molar-refractivity contribution in [2.45, 2.75) is 69.4 Å². The second kappa shape index (κ2) is 6.98. The van der Waals surface area contributed by atoms with Crippen LogP contribution in [0.4, 0.5) is 0 Å². The van der Waals surface area contributed by atoms with Crippen LogP contribution in [0.1, 0.15) is 42.6 Å². The zero-order valence-corrected chi connectivity index (χ0v) is 18.9. The molecular formula is C25H27NO7. The maximum absolute atomic E-state index is 13.2. The molecule has 3 heterocycles. The fourth-order valence-electron chi connectivity index (χ4n) is 6.52. The van der Waals surface area contributed by atoms with Gasteiger partial charge < -0.3 is 23.8 Å². The van der Waals surface area contributed by atoms with Crippen LogP contribution in [0.2, 0.25) is 0 Å². The number of hydrogen-bond donors (Lipinski definition) is 0. The Morgan fingerprint density at radius 2 is 2.00 bits per heavy atom. The number of ketones is 1. The van der Waals surface area contributed by atoms with Gasteiger partial charge in [0.15, 0.2) is 5.78 Å². The van der Waals surface area contributed by atoms with Crippen molar-refractivity contribution in [1.82, 2.24) is 0 Å². The zero-order valence-electron chi connectivity index (χ0n) is 18.9. The Bertz CT molecular complexity index is 1080. The molecule has 174 valence electrons. The van der Waals surface area contributed by atoms with Gasteiger partial charge in [0, 0.05) is 0 Å². The Hall–Kier alpha value is -2.55. The van der Waals surface area contributed by atoms with Crippen molar-refractivity contribution >= 4 is 17.5 Å². The Morgan fingerprint density at radius 1 is 1.24 bits per heavy atom. The molecule has 0 radical (unpaired) electrons. The molecule has 8 heteroatoms. The molecule has 6 rings (SSSR count). The summed E-state index contributed by atoms with van der Waals surface area (Å²) >= 11 is 0. The van der Waals surface area contributed by atoms with Crippen LogP contribution < -0.4 is 0 Å². The average molecular weight is 453 g/mol. The third-order valence-electron chi connectivity index (χ3n) is 8.28. The number of carbonyl (C=O) groups excluding carboxylic acids is 2. The van der Waals surface area contributed by atoms with Crippen LogP contribution in [-0.4, -0.2) is 60.7 Å². The van der Waals surface area contributed by atoms with Crippen LogP contribution in [0.15, 0.2) is 41.6 Å². The summed E-state index contributed by atoms with van der Waals surface area (Å²) in [7, 11) is 1.34. The van der Waals surface area contributed by atoms with Crippen LogP contribution in [0, 0.1) is 11.3 Å². The minimum Gasteiger partial charge on any atom is -0.465 e. The minimum absolute atomic E-state index is 0.110. The second-order valence-corrected chi connectivity index (χ2v) is 9.86. The number of nitrogens with zero attached hydrogens (tertiary/aromatic N) is 1. The van der Waals surface area contributed by atoms with E-state index in [9.17, 15) is 9.59 Å². The van der Waals surface area contributed by atoms with Crippen molar-refractivity contribution < 1.29 is 33.4 Å². The Morgan fingerprint density at radius 3 is 2.70 bits per heavy atom. The molecule has 2 saturated heterocycles. The molecular weight excluding hydrogens is 426 g/mol. The van der Waals surface area contributed by atoms with E-state index >= 15 is 0 Å². The van der Waals surface area contributed by atoms with Crippen LogP contribution in [0.3, 0.4) is 0 Å². The predicted octanol–water partition coefficient (Wildman–Crippen LogP) is 2.59. The first-order valence-electron chi connectivity index (χ1n) is 11.4. The molecule has 3 aliphatic heterocycles. The highest BCUT2D eigenvalue weighted by Crippen LogP contribution is 2.69. The van der Waals surface area contributed by atoms with Gasteiger partial charge in [-0.05, 0) is 50.3 Å². The van der Waals surface area contributed by atoms with Crippen molar-refractivity contribution in [3.05, 3.63) is 47.5 Å². The zero-order chi connectivity index (χ0) is 23.1. The first-order valence-corrected chi connectivity index (χ1v) is 11.4. The molecule has 1 aromatic carbocycles. The highest BCUT2D eigenvalue weighted by Gasteiger charge is 2.86. The summed E-state index contributed by atoms with van der Waals surface area (Å²) in [6.07, 6.45) is -0.836. The van der Waals surface area contributed by atoms with Gasteiger partial charge in [-0.3, -0.25) is 4.79 Å². The lowest BCUT2D eigenvalue weighted by atomic mass is 9.61. The van der Waals surface area contributed by atoms with E-state index in [1.165, 1.54) is 7.11 Å². The first kappa shape index (κ1) is 21.0. The maximum Gasteiger partial charge on any atom is 0.337 e. The molecule has 5 aliphatic rings. The second-order valence-electron chi connectivity index (χ2n) is 9.86. The van der Waals surface area contributed by atoms with Gasteiger partial charge >= 0.3 is 5.97 Å². The molecule has 0 N–H and O–H groups in total. The van der Waals surface area contributed by atoms with E-state index in [-0.39, 0.29) is 24.6 Å². The molecule has 2 aliphatic carbocycles. The van der Waals surface area contributed by atoms with Gasteiger partial charge in [0.05, 0.1) is 36.5 Å². The van der Waals surface area contributed by atoms with Crippen LogP contribution in [-0.2, 0) is 35.2 Å². The van der Waals surface area contributed by atoms with Crippen molar-refractivity contribution in [3.63, 3.8) is 0 Å². The number of benzene rings is 1. The standard InChI is InChI=1S/C25H27NO7/c1-12(2)16-9-17-24(10-16)13(3)26-33-25(24)21(31-17)19(18(27)20-22(25)32-20)30-11-14-5-7-15(8-6-14)23(28)29-4/h5-8,16-17,19-22H,1,9-11H2,2-4H3/t16-,17-,19-,20+,21+,22+,24-,25-/m0/s1. The van der Waals surface area contributed by atoms with E-state index in [1.54, 1.807) is 24.3 Å². The number of epoxide rings is 1. The summed E-state index contributed by atoms with van der Waals surface area (Å²) in [6.45, 7) is 8.40. The first-order chi connectivity index (χ1) is 15.8. The van der Waals surface area contributed by atoms with Crippen LogP contribution in [0.5, 0.6) is 0 Å². The number of allylic oxidation sites excluding steroid dienone is 1. The minimum atomic E-state index is -0.857. The summed E-state index contributed by atoms with van der Waals surface area (Å²) in [6, 6.07) is 6.92. The Balaban J connectivity index is 1.28. The number of carbonyl (C=O) groups is 2.